The van der Waals surface area contributed by atoms with Crippen molar-refractivity contribution in [3.8, 4) is 5.88 Å². The van der Waals surface area contributed by atoms with Crippen molar-refractivity contribution < 1.29 is 14.3 Å². The third-order valence-corrected chi connectivity index (χ3v) is 5.12. The number of nitrogens with zero attached hydrogens (tertiary/aromatic N) is 2. The lowest BCUT2D eigenvalue weighted by atomic mass is 10.1. The topological polar surface area (TPSA) is 85.5 Å². The molecular formula is C18H23N3O3. The van der Waals surface area contributed by atoms with Gasteiger partial charge in [-0.25, -0.2) is 4.98 Å². The zero-order valence-corrected chi connectivity index (χ0v) is 13.7. The standard InChI is InChI=1S/C18H23N3O3/c19-16(22)15-2-1-9-21(15)18(23)14-8-7-13(12-5-6-12)17(20-14)24-10-11-3-4-11/h7-8,11-12,15H,1-6,9-10H2,(H2,19,22)/t15-/m0/s1. The Kier molecular flexibility index (Phi) is 3.90. The first-order chi connectivity index (χ1) is 11.6. The third-order valence-electron chi connectivity index (χ3n) is 5.12. The van der Waals surface area contributed by atoms with Crippen LogP contribution in [0, 0.1) is 5.92 Å². The van der Waals surface area contributed by atoms with Crippen LogP contribution in [0.4, 0.5) is 0 Å². The summed E-state index contributed by atoms with van der Waals surface area (Å²) in [5.41, 5.74) is 6.87. The monoisotopic (exact) mass is 329 g/mol. The zero-order valence-electron chi connectivity index (χ0n) is 13.7. The predicted molar refractivity (Wildman–Crippen MR) is 87.7 cm³/mol. The molecule has 1 aromatic rings. The lowest BCUT2D eigenvalue weighted by Crippen LogP contribution is -2.44. The van der Waals surface area contributed by atoms with Crippen molar-refractivity contribution in [3.63, 3.8) is 0 Å². The minimum absolute atomic E-state index is 0.227. The number of pyridine rings is 1. The average Bonchev–Trinajstić information content (AvgIpc) is 3.50. The van der Waals surface area contributed by atoms with Crippen molar-refractivity contribution in [2.45, 2.75) is 50.5 Å². The van der Waals surface area contributed by atoms with E-state index in [-0.39, 0.29) is 5.91 Å². The molecule has 2 saturated carbocycles. The molecule has 1 aliphatic heterocycles. The number of aromatic nitrogens is 1. The number of hydrogen-bond acceptors (Lipinski definition) is 4. The molecule has 3 aliphatic rings. The normalized spacial score (nSPS) is 23.3. The fourth-order valence-electron chi connectivity index (χ4n) is 3.33. The Morgan fingerprint density at radius 1 is 1.21 bits per heavy atom. The highest BCUT2D eigenvalue weighted by Gasteiger charge is 2.35. The van der Waals surface area contributed by atoms with Crippen LogP contribution in [0.2, 0.25) is 0 Å². The minimum Gasteiger partial charge on any atom is -0.477 e. The number of primary amides is 1. The van der Waals surface area contributed by atoms with Crippen molar-refractivity contribution in [3.05, 3.63) is 23.4 Å². The molecule has 0 bridgehead atoms. The Morgan fingerprint density at radius 2 is 2.00 bits per heavy atom. The van der Waals surface area contributed by atoms with Gasteiger partial charge in [0.05, 0.1) is 6.61 Å². The lowest BCUT2D eigenvalue weighted by molar-refractivity contribution is -0.121. The molecule has 0 unspecified atom stereocenters. The smallest absolute Gasteiger partial charge is 0.273 e. The zero-order chi connectivity index (χ0) is 16.7. The Hall–Kier alpha value is -2.11. The minimum atomic E-state index is -0.516. The fraction of sp³-hybridized carbons (Fsp3) is 0.611. The Bertz CT molecular complexity index is 667. The molecule has 6 nitrogen and oxygen atoms in total. The van der Waals surface area contributed by atoms with Crippen LogP contribution in [0.1, 0.15) is 60.5 Å². The molecule has 2 N–H and O–H groups in total. The second-order valence-electron chi connectivity index (χ2n) is 7.18. The Labute approximate surface area is 141 Å². The summed E-state index contributed by atoms with van der Waals surface area (Å²) in [6, 6.07) is 3.21. The molecule has 24 heavy (non-hydrogen) atoms. The molecule has 1 aromatic heterocycles. The highest BCUT2D eigenvalue weighted by Crippen LogP contribution is 2.44. The van der Waals surface area contributed by atoms with Crippen LogP contribution in [0.25, 0.3) is 0 Å². The van der Waals surface area contributed by atoms with Crippen molar-refractivity contribution >= 4 is 11.8 Å². The van der Waals surface area contributed by atoms with Gasteiger partial charge in [-0.2, -0.15) is 0 Å². The number of hydrogen-bond donors (Lipinski definition) is 1. The first-order valence-corrected chi connectivity index (χ1v) is 8.87. The molecule has 128 valence electrons. The van der Waals surface area contributed by atoms with Crippen molar-refractivity contribution in [1.82, 2.24) is 9.88 Å². The molecule has 3 fully saturated rings. The molecule has 0 aromatic carbocycles. The maximum Gasteiger partial charge on any atom is 0.273 e. The van der Waals surface area contributed by atoms with E-state index in [2.05, 4.69) is 4.98 Å². The van der Waals surface area contributed by atoms with Gasteiger partial charge in [-0.05, 0) is 56.4 Å². The molecule has 0 radical (unpaired) electrons. The third kappa shape index (κ3) is 3.09. The highest BCUT2D eigenvalue weighted by molar-refractivity contribution is 5.96. The summed E-state index contributed by atoms with van der Waals surface area (Å²) in [7, 11) is 0. The largest absolute Gasteiger partial charge is 0.477 e. The van der Waals surface area contributed by atoms with Gasteiger partial charge in [0.1, 0.15) is 11.7 Å². The molecule has 2 amide bonds. The van der Waals surface area contributed by atoms with Gasteiger partial charge in [-0.3, -0.25) is 9.59 Å². The van der Waals surface area contributed by atoms with Crippen LogP contribution < -0.4 is 10.5 Å². The number of carbonyl (C=O) groups is 2. The molecule has 2 heterocycles. The van der Waals surface area contributed by atoms with Gasteiger partial charge >= 0.3 is 0 Å². The van der Waals surface area contributed by atoms with Gasteiger partial charge in [0.25, 0.3) is 5.91 Å². The summed E-state index contributed by atoms with van der Waals surface area (Å²) in [4.78, 5) is 30.3. The van der Waals surface area contributed by atoms with E-state index in [0.29, 0.717) is 43.0 Å². The van der Waals surface area contributed by atoms with Crippen molar-refractivity contribution in [2.24, 2.45) is 11.7 Å². The van der Waals surface area contributed by atoms with Crippen LogP contribution in [0.5, 0.6) is 5.88 Å². The number of ether oxygens (including phenoxy) is 1. The number of carbonyl (C=O) groups excluding carboxylic acids is 2. The first-order valence-electron chi connectivity index (χ1n) is 8.87. The molecular weight excluding hydrogens is 306 g/mol. The predicted octanol–water partition coefficient (Wildman–Crippen LogP) is 1.84. The number of amides is 2. The van der Waals surface area contributed by atoms with E-state index in [1.54, 1.807) is 11.0 Å². The van der Waals surface area contributed by atoms with E-state index in [1.165, 1.54) is 12.8 Å². The second kappa shape index (κ2) is 6.07. The van der Waals surface area contributed by atoms with E-state index in [9.17, 15) is 9.59 Å². The van der Waals surface area contributed by atoms with Gasteiger partial charge < -0.3 is 15.4 Å². The van der Waals surface area contributed by atoms with Gasteiger partial charge in [-0.15, -0.1) is 0 Å². The lowest BCUT2D eigenvalue weighted by Gasteiger charge is -2.22. The van der Waals surface area contributed by atoms with Crippen LogP contribution in [-0.4, -0.2) is 40.9 Å². The molecule has 1 saturated heterocycles. The Morgan fingerprint density at radius 3 is 2.67 bits per heavy atom. The van der Waals surface area contributed by atoms with Crippen molar-refractivity contribution in [2.75, 3.05) is 13.2 Å². The summed E-state index contributed by atoms with van der Waals surface area (Å²) in [6.07, 6.45) is 6.17. The SMILES string of the molecule is NC(=O)[C@@H]1CCCN1C(=O)c1ccc(C2CC2)c(OCC2CC2)n1. The van der Waals surface area contributed by atoms with Crippen LogP contribution in [0.15, 0.2) is 12.1 Å². The van der Waals surface area contributed by atoms with Gasteiger partial charge in [0.15, 0.2) is 0 Å². The van der Waals surface area contributed by atoms with Crippen LogP contribution >= 0.6 is 0 Å². The summed E-state index contributed by atoms with van der Waals surface area (Å²) in [5.74, 6) is 1.08. The van der Waals surface area contributed by atoms with E-state index >= 15 is 0 Å². The first kappa shape index (κ1) is 15.4. The Balaban J connectivity index is 1.56. The summed E-state index contributed by atoms with van der Waals surface area (Å²) >= 11 is 0. The number of nitrogens with two attached hydrogens (primary N) is 1. The summed E-state index contributed by atoms with van der Waals surface area (Å²) < 4.78 is 5.92. The summed E-state index contributed by atoms with van der Waals surface area (Å²) in [5, 5.41) is 0. The maximum atomic E-state index is 12.8. The number of rotatable bonds is 6. The second-order valence-corrected chi connectivity index (χ2v) is 7.18. The van der Waals surface area contributed by atoms with Gasteiger partial charge in [-0.1, -0.05) is 6.07 Å². The van der Waals surface area contributed by atoms with Gasteiger partial charge in [0.2, 0.25) is 11.8 Å². The van der Waals surface area contributed by atoms with Gasteiger partial charge in [0, 0.05) is 12.1 Å². The van der Waals surface area contributed by atoms with Crippen molar-refractivity contribution in [1.29, 1.82) is 0 Å². The van der Waals surface area contributed by atoms with E-state index in [4.69, 9.17) is 10.5 Å². The molecule has 0 spiro atoms. The molecule has 6 heteroatoms. The quantitative estimate of drug-likeness (QED) is 0.863. The van der Waals surface area contributed by atoms with E-state index in [1.807, 2.05) is 6.07 Å². The molecule has 4 rings (SSSR count). The van der Waals surface area contributed by atoms with E-state index in [0.717, 1.165) is 24.8 Å². The highest BCUT2D eigenvalue weighted by atomic mass is 16.5. The molecule has 2 aliphatic carbocycles. The average molecular weight is 329 g/mol. The molecule has 1 atom stereocenters. The van der Waals surface area contributed by atoms with Crippen LogP contribution in [-0.2, 0) is 4.79 Å². The number of likely N-dealkylation sites (tertiary alicyclic amines) is 1. The fourth-order valence-corrected chi connectivity index (χ4v) is 3.33. The van der Waals surface area contributed by atoms with Crippen LogP contribution in [0.3, 0.4) is 0 Å². The summed E-state index contributed by atoms with van der Waals surface area (Å²) in [6.45, 7) is 1.23. The maximum absolute atomic E-state index is 12.8. The van der Waals surface area contributed by atoms with E-state index < -0.39 is 11.9 Å².